The lowest BCUT2D eigenvalue weighted by atomic mass is 10.1. The quantitative estimate of drug-likeness (QED) is 0.789. The second-order valence-electron chi connectivity index (χ2n) is 3.75. The van der Waals surface area contributed by atoms with Crippen molar-refractivity contribution >= 4 is 11.9 Å². The Hall–Kier alpha value is -1.86. The third kappa shape index (κ3) is 1.60. The number of halogens is 3. The van der Waals surface area contributed by atoms with Gasteiger partial charge in [-0.15, -0.1) is 0 Å². The van der Waals surface area contributed by atoms with E-state index in [4.69, 9.17) is 5.11 Å². The van der Waals surface area contributed by atoms with Crippen molar-refractivity contribution in [2.45, 2.75) is 18.6 Å². The summed E-state index contributed by atoms with van der Waals surface area (Å²) >= 11 is 0. The number of carboxylic acid groups (broad SMARTS) is 1. The van der Waals surface area contributed by atoms with Gasteiger partial charge in [0.05, 0.1) is 6.54 Å². The lowest BCUT2D eigenvalue weighted by Gasteiger charge is -2.16. The average molecular weight is 247 g/mol. The fraction of sp³-hybridized carbons (Fsp3) is 0.444. The van der Waals surface area contributed by atoms with Crippen molar-refractivity contribution in [2.75, 3.05) is 11.4 Å². The molecule has 1 fully saturated rings. The molecular formula is C9H8F3N3O2. The molecule has 1 atom stereocenters. The van der Waals surface area contributed by atoms with Crippen molar-refractivity contribution in [3.8, 4) is 0 Å². The summed E-state index contributed by atoms with van der Waals surface area (Å²) in [6, 6.07) is 1.52. The van der Waals surface area contributed by atoms with Crippen molar-refractivity contribution in [3.05, 3.63) is 18.0 Å². The predicted molar refractivity (Wildman–Crippen MR) is 50.5 cm³/mol. The monoisotopic (exact) mass is 247 g/mol. The van der Waals surface area contributed by atoms with Gasteiger partial charge in [0.1, 0.15) is 0 Å². The van der Waals surface area contributed by atoms with E-state index < -0.39 is 24.2 Å². The lowest BCUT2D eigenvalue weighted by molar-refractivity contribution is -0.180. The highest BCUT2D eigenvalue weighted by Crippen LogP contribution is 2.48. The van der Waals surface area contributed by atoms with Crippen LogP contribution in [0.15, 0.2) is 12.3 Å². The second kappa shape index (κ2) is 3.31. The Morgan fingerprint density at radius 3 is 2.65 bits per heavy atom. The minimum absolute atomic E-state index is 0.218. The van der Waals surface area contributed by atoms with Crippen LogP contribution in [0.3, 0.4) is 0 Å². The van der Waals surface area contributed by atoms with Crippen LogP contribution >= 0.6 is 0 Å². The number of carboxylic acids is 1. The molecule has 0 amide bonds. The zero-order valence-corrected chi connectivity index (χ0v) is 8.69. The molecule has 1 N–H and O–H groups in total. The molecule has 5 nitrogen and oxygen atoms in total. The highest BCUT2D eigenvalue weighted by molar-refractivity contribution is 5.91. The fourth-order valence-corrected chi connectivity index (χ4v) is 1.55. The van der Waals surface area contributed by atoms with E-state index in [0.29, 0.717) is 10.6 Å². The van der Waals surface area contributed by atoms with E-state index >= 15 is 0 Å². The Balaban J connectivity index is 2.37. The maximum atomic E-state index is 12.7. The van der Waals surface area contributed by atoms with Gasteiger partial charge in [0.15, 0.2) is 0 Å². The van der Waals surface area contributed by atoms with E-state index in [0.717, 1.165) is 0 Å². The van der Waals surface area contributed by atoms with Crippen molar-refractivity contribution in [2.24, 2.45) is 0 Å². The lowest BCUT2D eigenvalue weighted by Crippen LogP contribution is -2.44. The molecule has 1 aromatic heterocycles. The maximum absolute atomic E-state index is 12.7. The van der Waals surface area contributed by atoms with Gasteiger partial charge in [0, 0.05) is 11.9 Å². The molecule has 2 heterocycles. The van der Waals surface area contributed by atoms with Gasteiger partial charge in [0.2, 0.25) is 5.95 Å². The number of hydrogen-bond acceptors (Lipinski definition) is 4. The number of nitrogens with zero attached hydrogens (tertiary/aromatic N) is 3. The van der Waals surface area contributed by atoms with E-state index in [2.05, 4.69) is 9.97 Å². The van der Waals surface area contributed by atoms with Gasteiger partial charge in [-0.3, -0.25) is 0 Å². The molecule has 8 heteroatoms. The van der Waals surface area contributed by atoms with Crippen LogP contribution < -0.4 is 4.90 Å². The number of aliphatic carboxylic acids is 1. The van der Waals surface area contributed by atoms with Crippen molar-refractivity contribution < 1.29 is 23.1 Å². The summed E-state index contributed by atoms with van der Waals surface area (Å²) in [4.78, 5) is 18.8. The molecule has 2 rings (SSSR count). The number of aryl methyl sites for hydroxylation is 1. The van der Waals surface area contributed by atoms with Gasteiger partial charge in [-0.25, -0.2) is 14.8 Å². The molecule has 1 unspecified atom stereocenters. The fourth-order valence-electron chi connectivity index (χ4n) is 1.55. The van der Waals surface area contributed by atoms with E-state index in [1.165, 1.54) is 12.3 Å². The van der Waals surface area contributed by atoms with Crippen molar-refractivity contribution in [1.82, 2.24) is 9.97 Å². The van der Waals surface area contributed by atoms with Gasteiger partial charge in [-0.05, 0) is 13.0 Å². The first-order valence-electron chi connectivity index (χ1n) is 4.66. The van der Waals surface area contributed by atoms with Crippen LogP contribution in [0.2, 0.25) is 0 Å². The molecular weight excluding hydrogens is 239 g/mol. The van der Waals surface area contributed by atoms with Gasteiger partial charge in [-0.2, -0.15) is 13.2 Å². The van der Waals surface area contributed by atoms with E-state index in [9.17, 15) is 18.0 Å². The Labute approximate surface area is 93.9 Å². The highest BCUT2D eigenvalue weighted by atomic mass is 19.4. The molecule has 0 bridgehead atoms. The molecule has 0 aromatic carbocycles. The first-order chi connectivity index (χ1) is 7.79. The normalized spacial score (nSPS) is 23.6. The number of anilines is 1. The number of aromatic nitrogens is 2. The van der Waals surface area contributed by atoms with Crippen LogP contribution in [0.1, 0.15) is 5.69 Å². The Morgan fingerprint density at radius 1 is 1.59 bits per heavy atom. The molecule has 1 aromatic rings. The number of rotatable bonds is 2. The number of carbonyl (C=O) groups is 1. The maximum Gasteiger partial charge on any atom is 0.424 e. The van der Waals surface area contributed by atoms with Gasteiger partial charge in [-0.1, -0.05) is 0 Å². The largest absolute Gasteiger partial charge is 0.479 e. The summed E-state index contributed by atoms with van der Waals surface area (Å²) in [5.41, 5.74) is -2.40. The molecule has 0 spiro atoms. The number of alkyl halides is 3. The van der Waals surface area contributed by atoms with Gasteiger partial charge < -0.3 is 10.0 Å². The smallest absolute Gasteiger partial charge is 0.424 e. The summed E-state index contributed by atoms with van der Waals surface area (Å²) in [5, 5.41) is 8.72. The van der Waals surface area contributed by atoms with Crippen LogP contribution in [-0.4, -0.2) is 39.3 Å². The third-order valence-corrected chi connectivity index (χ3v) is 2.59. The van der Waals surface area contributed by atoms with Crippen LogP contribution in [0.4, 0.5) is 19.1 Å². The van der Waals surface area contributed by atoms with E-state index in [1.54, 1.807) is 6.92 Å². The van der Waals surface area contributed by atoms with Crippen LogP contribution in [0.25, 0.3) is 0 Å². The molecule has 0 saturated carbocycles. The summed E-state index contributed by atoms with van der Waals surface area (Å²) in [6.07, 6.45) is -3.56. The first-order valence-corrected chi connectivity index (χ1v) is 4.66. The zero-order valence-electron chi connectivity index (χ0n) is 8.69. The minimum Gasteiger partial charge on any atom is -0.479 e. The molecule has 1 aliphatic heterocycles. The Bertz CT molecular complexity index is 477. The minimum atomic E-state index is -4.86. The van der Waals surface area contributed by atoms with Crippen molar-refractivity contribution in [1.29, 1.82) is 0 Å². The zero-order chi connectivity index (χ0) is 12.8. The van der Waals surface area contributed by atoms with Crippen LogP contribution in [0, 0.1) is 6.92 Å². The van der Waals surface area contributed by atoms with Crippen LogP contribution in [0.5, 0.6) is 0 Å². The molecule has 0 aliphatic carbocycles. The van der Waals surface area contributed by atoms with Gasteiger partial charge >= 0.3 is 12.1 Å². The summed E-state index contributed by atoms with van der Waals surface area (Å²) in [6.45, 7) is 0.931. The average Bonchev–Trinajstić information content (AvgIpc) is 2.92. The van der Waals surface area contributed by atoms with Crippen molar-refractivity contribution in [3.63, 3.8) is 0 Å². The van der Waals surface area contributed by atoms with E-state index in [-0.39, 0.29) is 5.95 Å². The van der Waals surface area contributed by atoms with Gasteiger partial charge in [0.25, 0.3) is 5.54 Å². The Morgan fingerprint density at radius 2 is 2.24 bits per heavy atom. The summed E-state index contributed by atoms with van der Waals surface area (Å²) in [5.74, 6) is -2.15. The molecule has 17 heavy (non-hydrogen) atoms. The van der Waals surface area contributed by atoms with Crippen LogP contribution in [-0.2, 0) is 4.79 Å². The van der Waals surface area contributed by atoms with E-state index in [1.807, 2.05) is 0 Å². The topological polar surface area (TPSA) is 66.1 Å². The molecule has 1 aliphatic rings. The number of hydrogen-bond donors (Lipinski definition) is 1. The standard InChI is InChI=1S/C9H8F3N3O2/c1-5-2-3-13-7(14-5)15-4-8(15,6(16)17)9(10,11)12/h2-3H,4H2,1H3,(H,16,17). The predicted octanol–water partition coefficient (Wildman–Crippen LogP) is 0.991. The third-order valence-electron chi connectivity index (χ3n) is 2.59. The molecule has 0 radical (unpaired) electrons. The highest BCUT2D eigenvalue weighted by Gasteiger charge is 2.76. The molecule has 1 saturated heterocycles. The SMILES string of the molecule is Cc1ccnc(N2CC2(C(=O)O)C(F)(F)F)n1. The first kappa shape index (κ1) is 11.6. The summed E-state index contributed by atoms with van der Waals surface area (Å²) in [7, 11) is 0. The second-order valence-corrected chi connectivity index (χ2v) is 3.75. The Kier molecular flexibility index (Phi) is 2.27. The summed E-state index contributed by atoms with van der Waals surface area (Å²) < 4.78 is 38.1. The molecule has 92 valence electrons.